The van der Waals surface area contributed by atoms with Gasteiger partial charge in [0, 0.05) is 36.7 Å². The van der Waals surface area contributed by atoms with Crippen molar-refractivity contribution in [2.24, 2.45) is 5.92 Å². The molecule has 1 atom stereocenters. The molecule has 164 valence electrons. The van der Waals surface area contributed by atoms with Gasteiger partial charge in [-0.1, -0.05) is 30.3 Å². The van der Waals surface area contributed by atoms with Crippen LogP contribution >= 0.6 is 0 Å². The molecule has 1 amide bonds. The van der Waals surface area contributed by atoms with Gasteiger partial charge < -0.3 is 15.0 Å². The molecule has 2 aromatic carbocycles. The molecule has 0 spiro atoms. The molecular formula is C24H23FN4O3. The number of hydrogen-bond acceptors (Lipinski definition) is 6. The van der Waals surface area contributed by atoms with E-state index in [1.807, 2.05) is 11.0 Å². The van der Waals surface area contributed by atoms with Crippen molar-refractivity contribution < 1.29 is 18.7 Å². The Balaban J connectivity index is 1.42. The van der Waals surface area contributed by atoms with E-state index < -0.39 is 23.8 Å². The van der Waals surface area contributed by atoms with Gasteiger partial charge in [-0.3, -0.25) is 9.59 Å². The lowest BCUT2D eigenvalue weighted by Crippen LogP contribution is -2.38. The number of ether oxygens (including phenoxy) is 1. The van der Waals surface area contributed by atoms with Gasteiger partial charge in [-0.15, -0.1) is 0 Å². The minimum Gasteiger partial charge on any atom is -0.447 e. The Morgan fingerprint density at radius 1 is 0.969 bits per heavy atom. The number of anilines is 2. The number of aromatic nitrogens is 2. The van der Waals surface area contributed by atoms with Crippen LogP contribution in [0.4, 0.5) is 16.0 Å². The quantitative estimate of drug-likeness (QED) is 0.595. The fraction of sp³-hybridized carbons (Fsp3) is 0.250. The Morgan fingerprint density at radius 3 is 2.28 bits per heavy atom. The highest BCUT2D eigenvalue weighted by molar-refractivity contribution is 5.96. The SMILES string of the molecule is O=C(OC(C(=O)Nc1ccc(F)cc1)c1ccccc1)C1CCN(c2ncccn2)CC1. The van der Waals surface area contributed by atoms with Crippen molar-refractivity contribution in [3.05, 3.63) is 84.4 Å². The molecule has 1 aliphatic rings. The lowest BCUT2D eigenvalue weighted by molar-refractivity contribution is -0.159. The molecule has 0 bridgehead atoms. The molecule has 32 heavy (non-hydrogen) atoms. The number of hydrogen-bond donors (Lipinski definition) is 1. The van der Waals surface area contributed by atoms with E-state index in [1.165, 1.54) is 24.3 Å². The molecule has 8 heteroatoms. The molecule has 3 aromatic rings. The van der Waals surface area contributed by atoms with Crippen molar-refractivity contribution >= 4 is 23.5 Å². The second-order valence-electron chi connectivity index (χ2n) is 7.53. The van der Waals surface area contributed by atoms with Crippen molar-refractivity contribution in [3.63, 3.8) is 0 Å². The summed E-state index contributed by atoms with van der Waals surface area (Å²) in [6.07, 6.45) is 3.43. The Bertz CT molecular complexity index is 1040. The standard InChI is InChI=1S/C24H23FN4O3/c25-19-7-9-20(10-8-19)28-22(30)21(17-5-2-1-3-6-17)32-23(31)18-11-15-29(16-12-18)24-26-13-4-14-27-24/h1-10,13-14,18,21H,11-12,15-16H2,(H,28,30). The first kappa shape index (κ1) is 21.4. The Kier molecular flexibility index (Phi) is 6.69. The smallest absolute Gasteiger partial charge is 0.310 e. The van der Waals surface area contributed by atoms with Gasteiger partial charge in [-0.05, 0) is 43.2 Å². The summed E-state index contributed by atoms with van der Waals surface area (Å²) in [6, 6.07) is 16.0. The van der Waals surface area contributed by atoms with E-state index in [0.29, 0.717) is 43.1 Å². The first-order chi connectivity index (χ1) is 15.6. The van der Waals surface area contributed by atoms with E-state index in [1.54, 1.807) is 42.7 Å². The third kappa shape index (κ3) is 5.26. The molecule has 1 aliphatic heterocycles. The van der Waals surface area contributed by atoms with E-state index in [-0.39, 0.29) is 5.92 Å². The van der Waals surface area contributed by atoms with Gasteiger partial charge in [-0.25, -0.2) is 14.4 Å². The summed E-state index contributed by atoms with van der Waals surface area (Å²) in [5.74, 6) is -0.991. The van der Waals surface area contributed by atoms with E-state index >= 15 is 0 Å². The van der Waals surface area contributed by atoms with Crippen molar-refractivity contribution in [2.75, 3.05) is 23.3 Å². The third-order valence-corrected chi connectivity index (χ3v) is 5.35. The van der Waals surface area contributed by atoms with Crippen LogP contribution < -0.4 is 10.2 Å². The first-order valence-electron chi connectivity index (χ1n) is 10.4. The average molecular weight is 434 g/mol. The minimum atomic E-state index is -1.11. The van der Waals surface area contributed by atoms with Crippen LogP contribution in [0.1, 0.15) is 24.5 Å². The molecule has 1 N–H and O–H groups in total. The highest BCUT2D eigenvalue weighted by Gasteiger charge is 2.32. The Hall–Kier alpha value is -3.81. The van der Waals surface area contributed by atoms with Gasteiger partial charge in [0.15, 0.2) is 0 Å². The predicted octanol–water partition coefficient (Wildman–Crippen LogP) is 3.76. The zero-order valence-electron chi connectivity index (χ0n) is 17.4. The van der Waals surface area contributed by atoms with Crippen molar-refractivity contribution in [2.45, 2.75) is 18.9 Å². The van der Waals surface area contributed by atoms with Crippen molar-refractivity contribution in [1.82, 2.24) is 9.97 Å². The Morgan fingerprint density at radius 2 is 1.62 bits per heavy atom. The summed E-state index contributed by atoms with van der Waals surface area (Å²) >= 11 is 0. The molecule has 2 heterocycles. The lowest BCUT2D eigenvalue weighted by Gasteiger charge is -2.31. The summed E-state index contributed by atoms with van der Waals surface area (Å²) in [7, 11) is 0. The van der Waals surface area contributed by atoms with Crippen LogP contribution in [-0.4, -0.2) is 34.9 Å². The Labute approximate surface area is 185 Å². The predicted molar refractivity (Wildman–Crippen MR) is 117 cm³/mol. The monoisotopic (exact) mass is 434 g/mol. The van der Waals surface area contributed by atoms with Crippen LogP contribution in [0.2, 0.25) is 0 Å². The van der Waals surface area contributed by atoms with Crippen LogP contribution in [0.25, 0.3) is 0 Å². The molecule has 0 saturated carbocycles. The molecule has 0 radical (unpaired) electrons. The summed E-state index contributed by atoms with van der Waals surface area (Å²) in [4.78, 5) is 36.4. The normalized spacial score (nSPS) is 15.1. The van der Waals surface area contributed by atoms with Gasteiger partial charge in [0.1, 0.15) is 5.82 Å². The fourth-order valence-corrected chi connectivity index (χ4v) is 3.62. The number of amides is 1. The van der Waals surface area contributed by atoms with Gasteiger partial charge in [0.05, 0.1) is 5.92 Å². The van der Waals surface area contributed by atoms with Crippen LogP contribution in [0.15, 0.2) is 73.1 Å². The number of piperidine rings is 1. The van der Waals surface area contributed by atoms with E-state index in [0.717, 1.165) is 0 Å². The topological polar surface area (TPSA) is 84.4 Å². The number of carbonyl (C=O) groups is 2. The van der Waals surface area contributed by atoms with Crippen molar-refractivity contribution in [3.8, 4) is 0 Å². The van der Waals surface area contributed by atoms with Crippen LogP contribution in [0.5, 0.6) is 0 Å². The number of nitrogens with one attached hydrogen (secondary N) is 1. The zero-order valence-corrected chi connectivity index (χ0v) is 17.4. The van der Waals surface area contributed by atoms with Gasteiger partial charge in [0.2, 0.25) is 12.1 Å². The molecule has 1 unspecified atom stereocenters. The largest absolute Gasteiger partial charge is 0.447 e. The van der Waals surface area contributed by atoms with E-state index in [4.69, 9.17) is 4.74 Å². The average Bonchev–Trinajstić information content (AvgIpc) is 2.85. The summed E-state index contributed by atoms with van der Waals surface area (Å²) in [5.41, 5.74) is 0.986. The van der Waals surface area contributed by atoms with Crippen LogP contribution in [-0.2, 0) is 14.3 Å². The molecule has 1 fully saturated rings. The fourth-order valence-electron chi connectivity index (χ4n) is 3.62. The van der Waals surface area contributed by atoms with Crippen molar-refractivity contribution in [1.29, 1.82) is 0 Å². The van der Waals surface area contributed by atoms with E-state index in [9.17, 15) is 14.0 Å². The number of rotatable bonds is 6. The summed E-state index contributed by atoms with van der Waals surface area (Å²) < 4.78 is 18.9. The van der Waals surface area contributed by atoms with Crippen LogP contribution in [0.3, 0.4) is 0 Å². The number of benzene rings is 2. The molecule has 4 rings (SSSR count). The number of halogens is 1. The van der Waals surface area contributed by atoms with E-state index in [2.05, 4.69) is 15.3 Å². The zero-order chi connectivity index (χ0) is 22.3. The highest BCUT2D eigenvalue weighted by Crippen LogP contribution is 2.26. The molecule has 1 saturated heterocycles. The van der Waals surface area contributed by atoms with Gasteiger partial charge >= 0.3 is 5.97 Å². The van der Waals surface area contributed by atoms with Gasteiger partial charge in [-0.2, -0.15) is 0 Å². The first-order valence-corrected chi connectivity index (χ1v) is 10.4. The maximum atomic E-state index is 13.2. The molecular weight excluding hydrogens is 411 g/mol. The third-order valence-electron chi connectivity index (χ3n) is 5.35. The molecule has 7 nitrogen and oxygen atoms in total. The maximum absolute atomic E-state index is 13.2. The second-order valence-corrected chi connectivity index (χ2v) is 7.53. The highest BCUT2D eigenvalue weighted by atomic mass is 19.1. The second kappa shape index (κ2) is 10.00. The number of carbonyl (C=O) groups excluding carboxylic acids is 2. The maximum Gasteiger partial charge on any atom is 0.310 e. The number of nitrogens with zero attached hydrogens (tertiary/aromatic N) is 3. The number of esters is 1. The minimum absolute atomic E-state index is 0.320. The van der Waals surface area contributed by atoms with Gasteiger partial charge in [0.25, 0.3) is 5.91 Å². The lowest BCUT2D eigenvalue weighted by atomic mass is 9.97. The summed E-state index contributed by atoms with van der Waals surface area (Å²) in [6.45, 7) is 1.25. The summed E-state index contributed by atoms with van der Waals surface area (Å²) in [5, 5.41) is 2.70. The van der Waals surface area contributed by atoms with Crippen LogP contribution in [0, 0.1) is 11.7 Å². The molecule has 0 aliphatic carbocycles. The molecule has 1 aromatic heterocycles.